The number of rotatable bonds is 1. The van der Waals surface area contributed by atoms with E-state index in [1.165, 1.54) is 0 Å². The first-order valence-corrected chi connectivity index (χ1v) is 7.35. The minimum Gasteiger partial charge on any atom is -0.398 e. The van der Waals surface area contributed by atoms with Gasteiger partial charge in [0, 0.05) is 18.8 Å². The number of hydrogen-bond donors (Lipinski definition) is 1. The van der Waals surface area contributed by atoms with E-state index in [2.05, 4.69) is 0 Å². The minimum absolute atomic E-state index is 0.0203. The standard InChI is InChI=1S/C17H17ClN2O/c1-11-5-6-14(15(18)9-11)17(21)20-8-7-13-12(10-20)3-2-4-16(13)19/h2-6,9H,7-8,10,19H2,1H3. The molecular formula is C17H17ClN2O. The molecule has 1 aliphatic rings. The highest BCUT2D eigenvalue weighted by Gasteiger charge is 2.24. The fourth-order valence-electron chi connectivity index (χ4n) is 2.78. The zero-order valence-corrected chi connectivity index (χ0v) is 12.7. The van der Waals surface area contributed by atoms with Crippen molar-refractivity contribution < 1.29 is 4.79 Å². The molecule has 2 aromatic carbocycles. The Kier molecular flexibility index (Phi) is 3.60. The van der Waals surface area contributed by atoms with E-state index in [0.717, 1.165) is 28.8 Å². The molecule has 0 saturated carbocycles. The normalized spacial score (nSPS) is 13.9. The first-order valence-electron chi connectivity index (χ1n) is 6.98. The van der Waals surface area contributed by atoms with Crippen LogP contribution in [0.4, 0.5) is 5.69 Å². The Hall–Kier alpha value is -2.00. The molecule has 108 valence electrons. The fraction of sp³-hybridized carbons (Fsp3) is 0.235. The maximum absolute atomic E-state index is 12.6. The summed E-state index contributed by atoms with van der Waals surface area (Å²) in [6, 6.07) is 11.4. The van der Waals surface area contributed by atoms with Gasteiger partial charge in [-0.2, -0.15) is 0 Å². The third-order valence-electron chi connectivity index (χ3n) is 3.94. The van der Waals surface area contributed by atoms with Gasteiger partial charge >= 0.3 is 0 Å². The lowest BCUT2D eigenvalue weighted by atomic mass is 9.97. The van der Waals surface area contributed by atoms with Crippen LogP contribution in [-0.2, 0) is 13.0 Å². The lowest BCUT2D eigenvalue weighted by molar-refractivity contribution is 0.0735. The number of aryl methyl sites for hydroxylation is 1. The third kappa shape index (κ3) is 2.61. The molecule has 1 amide bonds. The molecule has 2 aromatic rings. The van der Waals surface area contributed by atoms with Crippen molar-refractivity contribution in [2.24, 2.45) is 0 Å². The third-order valence-corrected chi connectivity index (χ3v) is 4.26. The smallest absolute Gasteiger partial charge is 0.255 e. The van der Waals surface area contributed by atoms with Gasteiger partial charge in [-0.3, -0.25) is 4.79 Å². The zero-order chi connectivity index (χ0) is 15.0. The van der Waals surface area contributed by atoms with Crippen molar-refractivity contribution in [2.75, 3.05) is 12.3 Å². The van der Waals surface area contributed by atoms with E-state index >= 15 is 0 Å². The second kappa shape index (κ2) is 5.41. The maximum atomic E-state index is 12.6. The molecule has 1 heterocycles. The number of nitrogens with zero attached hydrogens (tertiary/aromatic N) is 1. The number of nitrogens with two attached hydrogens (primary N) is 1. The van der Waals surface area contributed by atoms with E-state index in [9.17, 15) is 4.79 Å². The van der Waals surface area contributed by atoms with Crippen LogP contribution in [0.15, 0.2) is 36.4 Å². The molecule has 0 atom stereocenters. The minimum atomic E-state index is -0.0203. The Labute approximate surface area is 129 Å². The van der Waals surface area contributed by atoms with E-state index in [1.54, 1.807) is 6.07 Å². The van der Waals surface area contributed by atoms with Crippen molar-refractivity contribution in [1.29, 1.82) is 0 Å². The number of carbonyl (C=O) groups excluding carboxylic acids is 1. The van der Waals surface area contributed by atoms with Crippen LogP contribution in [0, 0.1) is 6.92 Å². The molecule has 3 nitrogen and oxygen atoms in total. The van der Waals surface area contributed by atoms with Crippen LogP contribution in [0.2, 0.25) is 5.02 Å². The Bertz CT molecular complexity index is 712. The average molecular weight is 301 g/mol. The molecule has 0 aromatic heterocycles. The lowest BCUT2D eigenvalue weighted by Crippen LogP contribution is -2.36. The summed E-state index contributed by atoms with van der Waals surface area (Å²) in [6.45, 7) is 3.22. The molecule has 0 spiro atoms. The first-order chi connectivity index (χ1) is 10.1. The number of amides is 1. The van der Waals surface area contributed by atoms with Gasteiger partial charge in [-0.25, -0.2) is 0 Å². The summed E-state index contributed by atoms with van der Waals surface area (Å²) in [5, 5.41) is 0.512. The Balaban J connectivity index is 1.87. The number of benzene rings is 2. The largest absolute Gasteiger partial charge is 0.398 e. The zero-order valence-electron chi connectivity index (χ0n) is 11.9. The summed E-state index contributed by atoms with van der Waals surface area (Å²) in [5.74, 6) is -0.0203. The van der Waals surface area contributed by atoms with E-state index in [0.29, 0.717) is 23.7 Å². The van der Waals surface area contributed by atoms with E-state index in [1.807, 2.05) is 42.2 Å². The summed E-state index contributed by atoms with van der Waals surface area (Å²) in [4.78, 5) is 14.5. The predicted octanol–water partition coefficient (Wildman–Crippen LogP) is 3.43. The molecule has 0 bridgehead atoms. The molecule has 0 saturated heterocycles. The van der Waals surface area contributed by atoms with E-state index < -0.39 is 0 Å². The van der Waals surface area contributed by atoms with Crippen molar-refractivity contribution in [3.63, 3.8) is 0 Å². The summed E-state index contributed by atoms with van der Waals surface area (Å²) >= 11 is 6.20. The number of fused-ring (bicyclic) bond motifs is 1. The van der Waals surface area contributed by atoms with Gasteiger partial charge in [-0.1, -0.05) is 29.8 Å². The molecule has 3 rings (SSSR count). The van der Waals surface area contributed by atoms with Crippen LogP contribution >= 0.6 is 11.6 Å². The number of nitrogen functional groups attached to an aromatic ring is 1. The highest BCUT2D eigenvalue weighted by atomic mass is 35.5. The number of hydrogen-bond acceptors (Lipinski definition) is 2. The van der Waals surface area contributed by atoms with E-state index in [4.69, 9.17) is 17.3 Å². The molecule has 0 unspecified atom stereocenters. The monoisotopic (exact) mass is 300 g/mol. The van der Waals surface area contributed by atoms with Crippen LogP contribution in [-0.4, -0.2) is 17.4 Å². The van der Waals surface area contributed by atoms with Crippen molar-refractivity contribution in [2.45, 2.75) is 19.9 Å². The van der Waals surface area contributed by atoms with Gasteiger partial charge in [-0.05, 0) is 48.2 Å². The summed E-state index contributed by atoms with van der Waals surface area (Å²) < 4.78 is 0. The topological polar surface area (TPSA) is 46.3 Å². The predicted molar refractivity (Wildman–Crippen MR) is 85.5 cm³/mol. The van der Waals surface area contributed by atoms with Crippen molar-refractivity contribution in [3.8, 4) is 0 Å². The van der Waals surface area contributed by atoms with Gasteiger partial charge < -0.3 is 10.6 Å². The molecule has 21 heavy (non-hydrogen) atoms. The molecule has 2 N–H and O–H groups in total. The second-order valence-electron chi connectivity index (χ2n) is 5.44. The van der Waals surface area contributed by atoms with Gasteiger partial charge in [0.2, 0.25) is 0 Å². The highest BCUT2D eigenvalue weighted by molar-refractivity contribution is 6.33. The SMILES string of the molecule is Cc1ccc(C(=O)N2CCc3c(N)cccc3C2)c(Cl)c1. The average Bonchev–Trinajstić information content (AvgIpc) is 2.46. The van der Waals surface area contributed by atoms with Gasteiger partial charge in [0.05, 0.1) is 10.6 Å². The van der Waals surface area contributed by atoms with Gasteiger partial charge in [0.15, 0.2) is 0 Å². The van der Waals surface area contributed by atoms with Crippen molar-refractivity contribution in [3.05, 3.63) is 63.7 Å². The lowest BCUT2D eigenvalue weighted by Gasteiger charge is -2.30. The van der Waals surface area contributed by atoms with Crippen LogP contribution < -0.4 is 5.73 Å². The molecule has 0 aliphatic carbocycles. The highest BCUT2D eigenvalue weighted by Crippen LogP contribution is 2.26. The Morgan fingerprint density at radius 1 is 1.29 bits per heavy atom. The summed E-state index contributed by atoms with van der Waals surface area (Å²) in [5.41, 5.74) is 10.7. The maximum Gasteiger partial charge on any atom is 0.255 e. The first kappa shape index (κ1) is 14.0. The number of carbonyl (C=O) groups is 1. The van der Waals surface area contributed by atoms with Crippen LogP contribution in [0.3, 0.4) is 0 Å². The second-order valence-corrected chi connectivity index (χ2v) is 5.85. The van der Waals surface area contributed by atoms with Gasteiger partial charge in [0.25, 0.3) is 5.91 Å². The molecule has 1 aliphatic heterocycles. The molecule has 0 radical (unpaired) electrons. The van der Waals surface area contributed by atoms with Crippen LogP contribution in [0.5, 0.6) is 0 Å². The van der Waals surface area contributed by atoms with Gasteiger partial charge in [0.1, 0.15) is 0 Å². The Morgan fingerprint density at radius 3 is 2.86 bits per heavy atom. The summed E-state index contributed by atoms with van der Waals surface area (Å²) in [7, 11) is 0. The quantitative estimate of drug-likeness (QED) is 0.820. The van der Waals surface area contributed by atoms with E-state index in [-0.39, 0.29) is 5.91 Å². The van der Waals surface area contributed by atoms with Crippen molar-refractivity contribution in [1.82, 2.24) is 4.90 Å². The number of halogens is 1. The van der Waals surface area contributed by atoms with Crippen LogP contribution in [0.25, 0.3) is 0 Å². The summed E-state index contributed by atoms with van der Waals surface area (Å²) in [6.07, 6.45) is 0.789. The number of anilines is 1. The Morgan fingerprint density at radius 2 is 2.10 bits per heavy atom. The molecule has 0 fully saturated rings. The molecule has 4 heteroatoms. The fourth-order valence-corrected chi connectivity index (χ4v) is 3.09. The molecular weight excluding hydrogens is 284 g/mol. The van der Waals surface area contributed by atoms with Gasteiger partial charge in [-0.15, -0.1) is 0 Å². The van der Waals surface area contributed by atoms with Crippen molar-refractivity contribution >= 4 is 23.2 Å². The van der Waals surface area contributed by atoms with Crippen LogP contribution in [0.1, 0.15) is 27.0 Å².